The monoisotopic (exact) mass is 422 g/mol. The molecule has 2 aromatic carbocycles. The van der Waals surface area contributed by atoms with E-state index < -0.39 is 16.0 Å². The number of methoxy groups -OCH3 is 2. The van der Waals surface area contributed by atoms with Gasteiger partial charge in [0.1, 0.15) is 16.4 Å². The number of benzene rings is 2. The summed E-state index contributed by atoms with van der Waals surface area (Å²) in [6.07, 6.45) is 0. The zero-order valence-electron chi connectivity index (χ0n) is 16.0. The lowest BCUT2D eigenvalue weighted by atomic mass is 10.1. The molecule has 0 radical (unpaired) electrons. The molecule has 29 heavy (non-hydrogen) atoms. The summed E-state index contributed by atoms with van der Waals surface area (Å²) in [5, 5.41) is 9.62. The molecule has 0 bridgehead atoms. The lowest BCUT2D eigenvalue weighted by molar-refractivity contribution is 0.0698. The third-order valence-electron chi connectivity index (χ3n) is 4.51. The number of sulfonamides is 1. The highest BCUT2D eigenvalue weighted by Gasteiger charge is 2.24. The minimum atomic E-state index is -4.13. The number of nitrogens with one attached hydrogen (secondary N) is 1. The number of hydrogen-bond donors (Lipinski definition) is 2. The zero-order valence-corrected chi connectivity index (χ0v) is 16.9. The van der Waals surface area contributed by atoms with Crippen molar-refractivity contribution in [2.75, 3.05) is 50.1 Å². The molecule has 0 saturated carbocycles. The van der Waals surface area contributed by atoms with Gasteiger partial charge in [-0.1, -0.05) is 0 Å². The lowest BCUT2D eigenvalue weighted by Gasteiger charge is -2.29. The molecule has 1 heterocycles. The van der Waals surface area contributed by atoms with Crippen molar-refractivity contribution in [2.24, 2.45) is 0 Å². The fraction of sp³-hybridized carbons (Fsp3) is 0.316. The average Bonchev–Trinajstić information content (AvgIpc) is 2.73. The second-order valence-corrected chi connectivity index (χ2v) is 7.91. The molecule has 1 saturated heterocycles. The van der Waals surface area contributed by atoms with E-state index in [1.54, 1.807) is 12.1 Å². The van der Waals surface area contributed by atoms with Crippen LogP contribution in [-0.4, -0.2) is 60.0 Å². The molecule has 0 atom stereocenters. The molecule has 2 N–H and O–H groups in total. The molecule has 2 aromatic rings. The van der Waals surface area contributed by atoms with E-state index >= 15 is 0 Å². The topological polar surface area (TPSA) is 114 Å². The highest BCUT2D eigenvalue weighted by molar-refractivity contribution is 7.92. The minimum Gasteiger partial charge on any atom is -0.497 e. The molecule has 0 unspecified atom stereocenters. The third-order valence-corrected chi connectivity index (χ3v) is 5.90. The Labute approximate surface area is 168 Å². The second kappa shape index (κ2) is 8.58. The van der Waals surface area contributed by atoms with Crippen molar-refractivity contribution in [3.8, 4) is 11.5 Å². The normalized spacial score (nSPS) is 14.3. The van der Waals surface area contributed by atoms with Crippen LogP contribution in [0.1, 0.15) is 10.4 Å². The molecule has 0 aliphatic carbocycles. The maximum atomic E-state index is 12.9. The molecule has 0 amide bonds. The van der Waals surface area contributed by atoms with E-state index in [0.29, 0.717) is 37.7 Å². The summed E-state index contributed by atoms with van der Waals surface area (Å²) in [7, 11) is -1.37. The van der Waals surface area contributed by atoms with Gasteiger partial charge in [-0.25, -0.2) is 13.2 Å². The number of carboxylic acid groups (broad SMARTS) is 1. The van der Waals surface area contributed by atoms with Gasteiger partial charge in [-0.3, -0.25) is 4.72 Å². The van der Waals surface area contributed by atoms with Crippen LogP contribution in [0.15, 0.2) is 41.3 Å². The predicted octanol–water partition coefficient (Wildman–Crippen LogP) is 2.04. The van der Waals surface area contributed by atoms with Crippen molar-refractivity contribution in [3.05, 3.63) is 42.0 Å². The molecule has 10 heteroatoms. The zero-order chi connectivity index (χ0) is 21.0. The van der Waals surface area contributed by atoms with Crippen LogP contribution in [0.2, 0.25) is 0 Å². The minimum absolute atomic E-state index is 0.0422. The molecule has 1 aliphatic rings. The fourth-order valence-electron chi connectivity index (χ4n) is 3.01. The molecule has 3 rings (SSSR count). The molecular formula is C19H22N2O7S. The van der Waals surface area contributed by atoms with Crippen LogP contribution in [0, 0.1) is 0 Å². The van der Waals surface area contributed by atoms with Crippen molar-refractivity contribution >= 4 is 27.4 Å². The van der Waals surface area contributed by atoms with Gasteiger partial charge in [0.2, 0.25) is 0 Å². The molecule has 9 nitrogen and oxygen atoms in total. The van der Waals surface area contributed by atoms with Crippen LogP contribution < -0.4 is 19.1 Å². The van der Waals surface area contributed by atoms with Gasteiger partial charge in [-0.15, -0.1) is 0 Å². The van der Waals surface area contributed by atoms with Crippen LogP contribution in [0.3, 0.4) is 0 Å². The van der Waals surface area contributed by atoms with Gasteiger partial charge in [0, 0.05) is 24.8 Å². The third kappa shape index (κ3) is 4.54. The Kier molecular flexibility index (Phi) is 6.14. The van der Waals surface area contributed by atoms with E-state index in [1.807, 2.05) is 4.90 Å². The quantitative estimate of drug-likeness (QED) is 0.697. The first kappa shape index (κ1) is 20.7. The number of hydrogen-bond acceptors (Lipinski definition) is 7. The van der Waals surface area contributed by atoms with E-state index in [9.17, 15) is 18.3 Å². The Bertz CT molecular complexity index is 1000. The first-order valence-electron chi connectivity index (χ1n) is 8.80. The summed E-state index contributed by atoms with van der Waals surface area (Å²) in [6, 6.07) is 8.92. The summed E-state index contributed by atoms with van der Waals surface area (Å²) in [5.41, 5.74) is 0.492. The van der Waals surface area contributed by atoms with Gasteiger partial charge < -0.3 is 24.2 Å². The average molecular weight is 422 g/mol. The van der Waals surface area contributed by atoms with E-state index in [1.165, 1.54) is 38.5 Å². The summed E-state index contributed by atoms with van der Waals surface area (Å²) < 4.78 is 43.8. The summed E-state index contributed by atoms with van der Waals surface area (Å²) in [6.45, 7) is 2.36. The summed E-state index contributed by atoms with van der Waals surface area (Å²) >= 11 is 0. The molecular weight excluding hydrogens is 400 g/mol. The van der Waals surface area contributed by atoms with Crippen molar-refractivity contribution in [1.82, 2.24) is 0 Å². The number of rotatable bonds is 7. The Morgan fingerprint density at radius 1 is 1.10 bits per heavy atom. The van der Waals surface area contributed by atoms with Crippen molar-refractivity contribution in [3.63, 3.8) is 0 Å². The van der Waals surface area contributed by atoms with E-state index in [-0.39, 0.29) is 21.9 Å². The van der Waals surface area contributed by atoms with E-state index in [0.717, 1.165) is 0 Å². The number of anilines is 2. The number of ether oxygens (including phenoxy) is 3. The largest absolute Gasteiger partial charge is 0.497 e. The van der Waals surface area contributed by atoms with E-state index in [2.05, 4.69) is 4.72 Å². The van der Waals surface area contributed by atoms with Crippen LogP contribution in [0.25, 0.3) is 0 Å². The lowest BCUT2D eigenvalue weighted by Crippen LogP contribution is -2.36. The van der Waals surface area contributed by atoms with Crippen molar-refractivity contribution in [2.45, 2.75) is 4.90 Å². The van der Waals surface area contributed by atoms with E-state index in [4.69, 9.17) is 14.2 Å². The standard InChI is InChI=1S/C19H22N2O7S/c1-26-14-4-6-17(27-2)18(12-14)29(24,25)20-16-5-3-13(11-15(16)19(22)23)21-7-9-28-10-8-21/h3-6,11-12,20H,7-10H2,1-2H3,(H,22,23). The van der Waals surface area contributed by atoms with Crippen LogP contribution in [0.4, 0.5) is 11.4 Å². The molecule has 0 aromatic heterocycles. The maximum absolute atomic E-state index is 12.9. The first-order valence-corrected chi connectivity index (χ1v) is 10.3. The molecule has 1 aliphatic heterocycles. The predicted molar refractivity (Wildman–Crippen MR) is 107 cm³/mol. The van der Waals surface area contributed by atoms with Crippen LogP contribution in [-0.2, 0) is 14.8 Å². The SMILES string of the molecule is COc1ccc(OC)c(S(=O)(=O)Nc2ccc(N3CCOCC3)cc2C(=O)O)c1. The highest BCUT2D eigenvalue weighted by Crippen LogP contribution is 2.31. The Balaban J connectivity index is 1.97. The molecule has 1 fully saturated rings. The number of morpholine rings is 1. The first-order chi connectivity index (χ1) is 13.9. The number of nitrogens with zero attached hydrogens (tertiary/aromatic N) is 1. The highest BCUT2D eigenvalue weighted by atomic mass is 32.2. The Morgan fingerprint density at radius 2 is 1.83 bits per heavy atom. The van der Waals surface area contributed by atoms with Crippen molar-refractivity contribution < 1.29 is 32.5 Å². The Hall–Kier alpha value is -2.98. The number of carbonyl (C=O) groups is 1. The summed E-state index contributed by atoms with van der Waals surface area (Å²) in [5.74, 6) is -0.803. The molecule has 156 valence electrons. The fourth-order valence-corrected chi connectivity index (χ4v) is 4.28. The number of carboxylic acids is 1. The van der Waals surface area contributed by atoms with Gasteiger partial charge in [-0.2, -0.15) is 0 Å². The maximum Gasteiger partial charge on any atom is 0.337 e. The Morgan fingerprint density at radius 3 is 2.45 bits per heavy atom. The summed E-state index contributed by atoms with van der Waals surface area (Å²) in [4.78, 5) is 13.6. The molecule has 0 spiro atoms. The smallest absolute Gasteiger partial charge is 0.337 e. The van der Waals surface area contributed by atoms with Gasteiger partial charge in [0.25, 0.3) is 10.0 Å². The van der Waals surface area contributed by atoms with Gasteiger partial charge >= 0.3 is 5.97 Å². The van der Waals surface area contributed by atoms with Crippen LogP contribution in [0.5, 0.6) is 11.5 Å². The van der Waals surface area contributed by atoms with Gasteiger partial charge in [0.15, 0.2) is 0 Å². The van der Waals surface area contributed by atoms with Gasteiger partial charge in [0.05, 0.1) is 38.7 Å². The number of aromatic carboxylic acids is 1. The van der Waals surface area contributed by atoms with Crippen LogP contribution >= 0.6 is 0 Å². The van der Waals surface area contributed by atoms with Gasteiger partial charge in [-0.05, 0) is 30.3 Å². The van der Waals surface area contributed by atoms with Crippen molar-refractivity contribution in [1.29, 1.82) is 0 Å². The second-order valence-electron chi connectivity index (χ2n) is 6.26.